The number of methoxy groups -OCH3 is 1. The summed E-state index contributed by atoms with van der Waals surface area (Å²) in [6.45, 7) is 1.24. The molecule has 0 unspecified atom stereocenters. The van der Waals surface area contributed by atoms with Crippen LogP contribution < -0.4 is 15.4 Å². The van der Waals surface area contributed by atoms with Crippen LogP contribution in [0.5, 0.6) is 5.75 Å². The van der Waals surface area contributed by atoms with Gasteiger partial charge in [0, 0.05) is 31.4 Å². The molecule has 1 heterocycles. The second-order valence-electron chi connectivity index (χ2n) is 5.21. The van der Waals surface area contributed by atoms with Crippen molar-refractivity contribution < 1.29 is 9.53 Å². The molecule has 5 heteroatoms. The monoisotopic (exact) mass is 313 g/mol. The van der Waals surface area contributed by atoms with Gasteiger partial charge in [0.1, 0.15) is 5.75 Å². The highest BCUT2D eigenvalue weighted by molar-refractivity contribution is 5.73. The maximum absolute atomic E-state index is 11.7. The number of aryl methyl sites for hydroxylation is 1. The Bertz CT molecular complexity index is 585. The highest BCUT2D eigenvalue weighted by Gasteiger charge is 2.00. The van der Waals surface area contributed by atoms with Gasteiger partial charge in [0.25, 0.3) is 0 Å². The zero-order valence-electron chi connectivity index (χ0n) is 13.4. The van der Waals surface area contributed by atoms with Crippen molar-refractivity contribution in [3.8, 4) is 5.75 Å². The van der Waals surface area contributed by atoms with Crippen LogP contribution in [-0.4, -0.2) is 31.2 Å². The summed E-state index contributed by atoms with van der Waals surface area (Å²) in [5, 5.41) is 5.70. The van der Waals surface area contributed by atoms with Gasteiger partial charge >= 0.3 is 6.03 Å². The SMILES string of the molecule is COc1ccc(CCCNC(=O)NCCc2ccccn2)cc1. The summed E-state index contributed by atoms with van der Waals surface area (Å²) in [7, 11) is 1.66. The quantitative estimate of drug-likeness (QED) is 0.736. The normalized spacial score (nSPS) is 10.1. The third-order valence-electron chi connectivity index (χ3n) is 3.48. The molecule has 0 aliphatic heterocycles. The van der Waals surface area contributed by atoms with Crippen molar-refractivity contribution in [1.29, 1.82) is 0 Å². The van der Waals surface area contributed by atoms with Gasteiger partial charge in [0.05, 0.1) is 7.11 Å². The van der Waals surface area contributed by atoms with E-state index < -0.39 is 0 Å². The van der Waals surface area contributed by atoms with Crippen LogP contribution in [0.25, 0.3) is 0 Å². The van der Waals surface area contributed by atoms with E-state index in [9.17, 15) is 4.79 Å². The third-order valence-corrected chi connectivity index (χ3v) is 3.48. The van der Waals surface area contributed by atoms with E-state index in [4.69, 9.17) is 4.74 Å². The lowest BCUT2D eigenvalue weighted by atomic mass is 10.1. The van der Waals surface area contributed by atoms with E-state index >= 15 is 0 Å². The van der Waals surface area contributed by atoms with Gasteiger partial charge in [0.15, 0.2) is 0 Å². The molecular formula is C18H23N3O2. The second kappa shape index (κ2) is 9.46. The van der Waals surface area contributed by atoms with Crippen LogP contribution in [0.15, 0.2) is 48.7 Å². The molecule has 2 amide bonds. The minimum Gasteiger partial charge on any atom is -0.497 e. The molecule has 1 aromatic heterocycles. The highest BCUT2D eigenvalue weighted by Crippen LogP contribution is 2.12. The van der Waals surface area contributed by atoms with Gasteiger partial charge in [-0.05, 0) is 42.7 Å². The molecule has 2 rings (SSSR count). The van der Waals surface area contributed by atoms with Gasteiger partial charge in [-0.25, -0.2) is 4.79 Å². The van der Waals surface area contributed by atoms with Crippen molar-refractivity contribution in [3.63, 3.8) is 0 Å². The first kappa shape index (κ1) is 16.8. The molecule has 0 radical (unpaired) electrons. The number of urea groups is 1. The molecule has 2 N–H and O–H groups in total. The summed E-state index contributed by atoms with van der Waals surface area (Å²) in [4.78, 5) is 15.9. The topological polar surface area (TPSA) is 63.2 Å². The number of ether oxygens (including phenoxy) is 1. The van der Waals surface area contributed by atoms with Gasteiger partial charge in [-0.15, -0.1) is 0 Å². The van der Waals surface area contributed by atoms with Gasteiger partial charge in [-0.1, -0.05) is 18.2 Å². The summed E-state index contributed by atoms with van der Waals surface area (Å²) in [6, 6.07) is 13.6. The predicted molar refractivity (Wildman–Crippen MR) is 90.7 cm³/mol. The fraction of sp³-hybridized carbons (Fsp3) is 0.333. The Morgan fingerprint density at radius 2 is 1.83 bits per heavy atom. The molecule has 0 atom stereocenters. The molecule has 0 saturated carbocycles. The summed E-state index contributed by atoms with van der Waals surface area (Å²) in [5.41, 5.74) is 2.22. The van der Waals surface area contributed by atoms with E-state index in [1.54, 1.807) is 13.3 Å². The molecule has 122 valence electrons. The zero-order valence-corrected chi connectivity index (χ0v) is 13.4. The van der Waals surface area contributed by atoms with Crippen molar-refractivity contribution in [2.75, 3.05) is 20.2 Å². The minimum absolute atomic E-state index is 0.129. The van der Waals surface area contributed by atoms with Crippen LogP contribution in [-0.2, 0) is 12.8 Å². The van der Waals surface area contributed by atoms with Crippen LogP contribution in [0.1, 0.15) is 17.7 Å². The van der Waals surface area contributed by atoms with E-state index in [2.05, 4.69) is 15.6 Å². The first-order chi connectivity index (χ1) is 11.3. The van der Waals surface area contributed by atoms with Crippen molar-refractivity contribution in [2.45, 2.75) is 19.3 Å². The third kappa shape index (κ3) is 6.38. The molecule has 0 bridgehead atoms. The molecule has 5 nitrogen and oxygen atoms in total. The largest absolute Gasteiger partial charge is 0.497 e. The van der Waals surface area contributed by atoms with Crippen molar-refractivity contribution in [1.82, 2.24) is 15.6 Å². The van der Waals surface area contributed by atoms with E-state index in [-0.39, 0.29) is 6.03 Å². The predicted octanol–water partition coefficient (Wildman–Crippen LogP) is 2.56. The minimum atomic E-state index is -0.129. The highest BCUT2D eigenvalue weighted by atomic mass is 16.5. The van der Waals surface area contributed by atoms with Crippen molar-refractivity contribution >= 4 is 6.03 Å². The zero-order chi connectivity index (χ0) is 16.3. The number of aromatic nitrogens is 1. The molecule has 23 heavy (non-hydrogen) atoms. The number of amides is 2. The number of carbonyl (C=O) groups excluding carboxylic acids is 1. The van der Waals surface area contributed by atoms with Gasteiger partial charge in [-0.3, -0.25) is 4.98 Å². The molecule has 0 spiro atoms. The summed E-state index contributed by atoms with van der Waals surface area (Å²) in [6.07, 6.45) is 4.33. The molecule has 1 aromatic carbocycles. The van der Waals surface area contributed by atoms with E-state index in [0.717, 1.165) is 30.7 Å². The summed E-state index contributed by atoms with van der Waals surface area (Å²) >= 11 is 0. The van der Waals surface area contributed by atoms with Crippen LogP contribution in [0.3, 0.4) is 0 Å². The average Bonchev–Trinajstić information content (AvgIpc) is 2.60. The Morgan fingerprint density at radius 1 is 1.04 bits per heavy atom. The molecule has 0 aliphatic rings. The Kier molecular flexibility index (Phi) is 6.91. The van der Waals surface area contributed by atoms with E-state index in [1.165, 1.54) is 5.56 Å². The van der Waals surface area contributed by atoms with Crippen LogP contribution in [0.2, 0.25) is 0 Å². The Labute approximate surface area is 137 Å². The molecule has 2 aromatic rings. The fourth-order valence-electron chi connectivity index (χ4n) is 2.20. The van der Waals surface area contributed by atoms with Crippen LogP contribution in [0.4, 0.5) is 4.79 Å². The smallest absolute Gasteiger partial charge is 0.314 e. The van der Waals surface area contributed by atoms with Crippen molar-refractivity contribution in [2.24, 2.45) is 0 Å². The number of rotatable bonds is 8. The first-order valence-corrected chi connectivity index (χ1v) is 7.82. The number of nitrogens with one attached hydrogen (secondary N) is 2. The average molecular weight is 313 g/mol. The van der Waals surface area contributed by atoms with Crippen LogP contribution >= 0.6 is 0 Å². The Balaban J connectivity index is 1.55. The second-order valence-corrected chi connectivity index (χ2v) is 5.21. The number of nitrogens with zero attached hydrogens (tertiary/aromatic N) is 1. The lowest BCUT2D eigenvalue weighted by Crippen LogP contribution is -2.37. The number of pyridine rings is 1. The molecule has 0 aliphatic carbocycles. The Hall–Kier alpha value is -2.56. The number of benzene rings is 1. The Morgan fingerprint density at radius 3 is 2.52 bits per heavy atom. The number of hydrogen-bond acceptors (Lipinski definition) is 3. The van der Waals surface area contributed by atoms with Gasteiger partial charge in [0.2, 0.25) is 0 Å². The summed E-state index contributed by atoms with van der Waals surface area (Å²) in [5.74, 6) is 0.860. The molecule has 0 fully saturated rings. The lowest BCUT2D eigenvalue weighted by molar-refractivity contribution is 0.241. The van der Waals surface area contributed by atoms with Gasteiger partial charge in [-0.2, -0.15) is 0 Å². The van der Waals surface area contributed by atoms with E-state index in [0.29, 0.717) is 13.1 Å². The standard InChI is InChI=1S/C18H23N3O2/c1-23-17-9-7-15(8-10-17)5-4-13-20-18(22)21-14-11-16-6-2-3-12-19-16/h2-3,6-10,12H,4-5,11,13-14H2,1H3,(H2,20,21,22). The fourth-order valence-corrected chi connectivity index (χ4v) is 2.20. The maximum Gasteiger partial charge on any atom is 0.314 e. The first-order valence-electron chi connectivity index (χ1n) is 7.82. The number of carbonyl (C=O) groups is 1. The van der Waals surface area contributed by atoms with Crippen molar-refractivity contribution in [3.05, 3.63) is 59.9 Å². The summed E-state index contributed by atoms with van der Waals surface area (Å²) < 4.78 is 5.13. The maximum atomic E-state index is 11.7. The molecular weight excluding hydrogens is 290 g/mol. The lowest BCUT2D eigenvalue weighted by Gasteiger charge is -2.08. The number of hydrogen-bond donors (Lipinski definition) is 2. The van der Waals surface area contributed by atoms with E-state index in [1.807, 2.05) is 42.5 Å². The van der Waals surface area contributed by atoms with Crippen LogP contribution in [0, 0.1) is 0 Å². The molecule has 0 saturated heterocycles. The van der Waals surface area contributed by atoms with Gasteiger partial charge < -0.3 is 15.4 Å².